The number of nitrogens with zero attached hydrogens (tertiary/aromatic N) is 4. The van der Waals surface area contributed by atoms with Crippen LogP contribution in [0.5, 0.6) is 11.8 Å². The van der Waals surface area contributed by atoms with E-state index in [4.69, 9.17) is 9.47 Å². The van der Waals surface area contributed by atoms with Crippen LogP contribution < -0.4 is 19.7 Å². The van der Waals surface area contributed by atoms with Gasteiger partial charge in [-0.15, -0.1) is 0 Å². The minimum Gasteiger partial charge on any atom is -0.497 e. The van der Waals surface area contributed by atoms with Gasteiger partial charge in [-0.05, 0) is 37.0 Å². The molecule has 1 aliphatic rings. The summed E-state index contributed by atoms with van der Waals surface area (Å²) in [6.07, 6.45) is 3.77. The lowest BCUT2D eigenvalue weighted by Crippen LogP contribution is -2.32. The molecule has 1 N–H and O–H groups in total. The fourth-order valence-corrected chi connectivity index (χ4v) is 2.96. The Bertz CT molecular complexity index is 760. The Kier molecular flexibility index (Phi) is 6.40. The number of aromatic nitrogens is 3. The van der Waals surface area contributed by atoms with E-state index in [-0.39, 0.29) is 24.9 Å². The Balaban J connectivity index is 1.61. The maximum atomic E-state index is 12.2. The van der Waals surface area contributed by atoms with Gasteiger partial charge in [0.05, 0.1) is 27.2 Å². The van der Waals surface area contributed by atoms with Crippen molar-refractivity contribution in [2.45, 2.75) is 32.2 Å². The van der Waals surface area contributed by atoms with Crippen molar-refractivity contribution >= 4 is 11.9 Å². The van der Waals surface area contributed by atoms with E-state index >= 15 is 0 Å². The van der Waals surface area contributed by atoms with Crippen LogP contribution in [-0.2, 0) is 17.8 Å². The number of hydrogen-bond donors (Lipinski definition) is 1. The molecule has 8 nitrogen and oxygen atoms in total. The average molecular weight is 371 g/mol. The van der Waals surface area contributed by atoms with Gasteiger partial charge in [0.2, 0.25) is 11.9 Å². The van der Waals surface area contributed by atoms with Gasteiger partial charge < -0.3 is 19.7 Å². The van der Waals surface area contributed by atoms with Gasteiger partial charge in [-0.3, -0.25) is 4.79 Å². The Labute approximate surface area is 158 Å². The van der Waals surface area contributed by atoms with E-state index in [2.05, 4.69) is 25.2 Å². The van der Waals surface area contributed by atoms with Gasteiger partial charge in [-0.2, -0.15) is 15.0 Å². The average Bonchev–Trinajstić information content (AvgIpc) is 2.73. The van der Waals surface area contributed by atoms with Crippen molar-refractivity contribution in [3.63, 3.8) is 0 Å². The van der Waals surface area contributed by atoms with Crippen molar-refractivity contribution in [2.24, 2.45) is 0 Å². The fourth-order valence-electron chi connectivity index (χ4n) is 2.96. The highest BCUT2D eigenvalue weighted by Crippen LogP contribution is 2.17. The summed E-state index contributed by atoms with van der Waals surface area (Å²) in [6.45, 7) is 2.08. The van der Waals surface area contributed by atoms with E-state index in [1.165, 1.54) is 13.5 Å². The number of rotatable bonds is 7. The third-order valence-corrected chi connectivity index (χ3v) is 4.44. The molecule has 1 amide bonds. The highest BCUT2D eigenvalue weighted by Gasteiger charge is 2.17. The lowest BCUT2D eigenvalue weighted by atomic mass is 10.1. The summed E-state index contributed by atoms with van der Waals surface area (Å²) >= 11 is 0. The van der Waals surface area contributed by atoms with Crippen molar-refractivity contribution in [3.8, 4) is 11.8 Å². The van der Waals surface area contributed by atoms with Gasteiger partial charge in [-0.1, -0.05) is 12.1 Å². The first-order valence-electron chi connectivity index (χ1n) is 9.11. The van der Waals surface area contributed by atoms with E-state index in [9.17, 15) is 4.79 Å². The molecule has 1 aromatic carbocycles. The molecule has 3 rings (SSSR count). The summed E-state index contributed by atoms with van der Waals surface area (Å²) in [4.78, 5) is 27.5. The predicted octanol–water partition coefficient (Wildman–Crippen LogP) is 1.74. The van der Waals surface area contributed by atoms with E-state index in [1.54, 1.807) is 7.11 Å². The summed E-state index contributed by atoms with van der Waals surface area (Å²) in [5.74, 6) is 1.77. The molecule has 1 saturated heterocycles. The van der Waals surface area contributed by atoms with E-state index in [1.807, 2.05) is 24.3 Å². The standard InChI is InChI=1S/C19H25N5O3/c1-26-15-8-6-14(7-9-15)12-17(25)20-13-16-21-18(23-19(22-16)27-2)24-10-4-3-5-11-24/h6-9H,3-5,10-13H2,1-2H3,(H,20,25). The Morgan fingerprint density at radius 1 is 1.04 bits per heavy atom. The number of nitrogens with one attached hydrogen (secondary N) is 1. The second kappa shape index (κ2) is 9.16. The van der Waals surface area contributed by atoms with E-state index in [0.717, 1.165) is 37.2 Å². The van der Waals surface area contributed by atoms with Gasteiger partial charge in [0, 0.05) is 13.1 Å². The quantitative estimate of drug-likeness (QED) is 0.793. The number of carbonyl (C=O) groups is 1. The fraction of sp³-hybridized carbons (Fsp3) is 0.474. The number of methoxy groups -OCH3 is 2. The molecule has 0 saturated carbocycles. The number of piperidine rings is 1. The summed E-state index contributed by atoms with van der Waals surface area (Å²) in [7, 11) is 3.14. The topological polar surface area (TPSA) is 89.5 Å². The minimum absolute atomic E-state index is 0.0981. The number of ether oxygens (including phenoxy) is 2. The molecular formula is C19H25N5O3. The third kappa shape index (κ3) is 5.29. The number of hydrogen-bond acceptors (Lipinski definition) is 7. The predicted molar refractivity (Wildman–Crippen MR) is 101 cm³/mol. The van der Waals surface area contributed by atoms with Crippen LogP contribution in [0.3, 0.4) is 0 Å². The molecule has 1 aliphatic heterocycles. The summed E-state index contributed by atoms with van der Waals surface area (Å²) in [6, 6.07) is 7.69. The Morgan fingerprint density at radius 2 is 1.78 bits per heavy atom. The van der Waals surface area contributed by atoms with Gasteiger partial charge in [-0.25, -0.2) is 0 Å². The second-order valence-corrected chi connectivity index (χ2v) is 6.39. The molecule has 0 atom stereocenters. The van der Waals surface area contributed by atoms with Crippen LogP contribution in [0.25, 0.3) is 0 Å². The largest absolute Gasteiger partial charge is 0.497 e. The molecule has 2 aromatic rings. The SMILES string of the molecule is COc1ccc(CC(=O)NCc2nc(OC)nc(N3CCCCC3)n2)cc1. The van der Waals surface area contributed by atoms with Crippen LogP contribution in [-0.4, -0.2) is 48.2 Å². The maximum absolute atomic E-state index is 12.2. The van der Waals surface area contributed by atoms with Gasteiger partial charge >= 0.3 is 6.01 Å². The number of benzene rings is 1. The lowest BCUT2D eigenvalue weighted by molar-refractivity contribution is -0.120. The number of carbonyl (C=O) groups excluding carboxylic acids is 1. The van der Waals surface area contributed by atoms with Crippen LogP contribution >= 0.6 is 0 Å². The summed E-state index contributed by atoms with van der Waals surface area (Å²) < 4.78 is 10.3. The summed E-state index contributed by atoms with van der Waals surface area (Å²) in [5.41, 5.74) is 0.913. The normalized spacial score (nSPS) is 13.9. The van der Waals surface area contributed by atoms with Crippen LogP contribution in [0, 0.1) is 0 Å². The Hall–Kier alpha value is -2.90. The van der Waals surface area contributed by atoms with Crippen molar-refractivity contribution in [1.82, 2.24) is 20.3 Å². The van der Waals surface area contributed by atoms with Crippen molar-refractivity contribution < 1.29 is 14.3 Å². The molecule has 1 fully saturated rings. The van der Waals surface area contributed by atoms with Crippen molar-refractivity contribution in [3.05, 3.63) is 35.7 Å². The van der Waals surface area contributed by atoms with E-state index < -0.39 is 0 Å². The first-order valence-corrected chi connectivity index (χ1v) is 9.11. The molecule has 0 bridgehead atoms. The van der Waals surface area contributed by atoms with Crippen molar-refractivity contribution in [2.75, 3.05) is 32.2 Å². The zero-order valence-corrected chi connectivity index (χ0v) is 15.8. The molecule has 144 valence electrons. The first kappa shape index (κ1) is 18.9. The van der Waals surface area contributed by atoms with Gasteiger partial charge in [0.15, 0.2) is 5.82 Å². The molecule has 27 heavy (non-hydrogen) atoms. The molecule has 0 radical (unpaired) electrons. The molecule has 8 heteroatoms. The molecule has 0 aliphatic carbocycles. The third-order valence-electron chi connectivity index (χ3n) is 4.44. The molecule has 0 spiro atoms. The minimum atomic E-state index is -0.0981. The highest BCUT2D eigenvalue weighted by molar-refractivity contribution is 5.78. The molecule has 1 aromatic heterocycles. The highest BCUT2D eigenvalue weighted by atomic mass is 16.5. The van der Waals surface area contributed by atoms with Crippen LogP contribution in [0.4, 0.5) is 5.95 Å². The van der Waals surface area contributed by atoms with Crippen LogP contribution in [0.2, 0.25) is 0 Å². The molecular weight excluding hydrogens is 346 g/mol. The molecule has 2 heterocycles. The zero-order chi connectivity index (χ0) is 19.1. The van der Waals surface area contributed by atoms with E-state index in [0.29, 0.717) is 11.8 Å². The number of anilines is 1. The van der Waals surface area contributed by atoms with Gasteiger partial charge in [0.1, 0.15) is 5.75 Å². The summed E-state index contributed by atoms with van der Waals surface area (Å²) in [5, 5.41) is 2.86. The Morgan fingerprint density at radius 3 is 2.44 bits per heavy atom. The van der Waals surface area contributed by atoms with Crippen molar-refractivity contribution in [1.29, 1.82) is 0 Å². The van der Waals surface area contributed by atoms with Crippen LogP contribution in [0.15, 0.2) is 24.3 Å². The number of amides is 1. The van der Waals surface area contributed by atoms with Crippen LogP contribution in [0.1, 0.15) is 30.7 Å². The second-order valence-electron chi connectivity index (χ2n) is 6.39. The molecule has 0 unspecified atom stereocenters. The van der Waals surface area contributed by atoms with Gasteiger partial charge in [0.25, 0.3) is 0 Å². The lowest BCUT2D eigenvalue weighted by Gasteiger charge is -2.26. The first-order chi connectivity index (χ1) is 13.2. The zero-order valence-electron chi connectivity index (χ0n) is 15.8. The maximum Gasteiger partial charge on any atom is 0.321 e. The smallest absolute Gasteiger partial charge is 0.321 e. The monoisotopic (exact) mass is 371 g/mol.